The van der Waals surface area contributed by atoms with Crippen molar-refractivity contribution in [3.8, 4) is 11.5 Å². The SMILES string of the molecule is COc1ccc(C2=NNC3(S2)C(=O)Nc2ccc(OC)cc23)cc1. The lowest BCUT2D eigenvalue weighted by Crippen LogP contribution is -2.39. The monoisotopic (exact) mass is 341 g/mol. The third kappa shape index (κ3) is 2.12. The Kier molecular flexibility index (Phi) is 3.38. The van der Waals surface area contributed by atoms with Crippen molar-refractivity contribution in [1.82, 2.24) is 5.43 Å². The van der Waals surface area contributed by atoms with Crippen LogP contribution < -0.4 is 20.2 Å². The lowest BCUT2D eigenvalue weighted by atomic mass is 10.1. The molecular formula is C17H15N3O3S. The van der Waals surface area contributed by atoms with Crippen LogP contribution in [0.3, 0.4) is 0 Å². The summed E-state index contributed by atoms with van der Waals surface area (Å²) in [6.07, 6.45) is 0. The van der Waals surface area contributed by atoms with Crippen LogP contribution in [0.25, 0.3) is 0 Å². The maximum Gasteiger partial charge on any atom is 0.267 e. The predicted molar refractivity (Wildman–Crippen MR) is 93.6 cm³/mol. The van der Waals surface area contributed by atoms with Crippen molar-refractivity contribution in [3.05, 3.63) is 53.6 Å². The fraction of sp³-hybridized carbons (Fsp3) is 0.176. The summed E-state index contributed by atoms with van der Waals surface area (Å²) in [5.41, 5.74) is 5.54. The van der Waals surface area contributed by atoms with Gasteiger partial charge in [-0.25, -0.2) is 0 Å². The molecule has 2 aliphatic rings. The summed E-state index contributed by atoms with van der Waals surface area (Å²) in [6.45, 7) is 0. The molecule has 1 unspecified atom stereocenters. The van der Waals surface area contributed by atoms with Crippen LogP contribution in [-0.4, -0.2) is 25.2 Å². The van der Waals surface area contributed by atoms with Crippen molar-refractivity contribution >= 4 is 28.4 Å². The Balaban J connectivity index is 1.68. The second kappa shape index (κ2) is 5.45. The van der Waals surface area contributed by atoms with Gasteiger partial charge in [0.25, 0.3) is 5.91 Å². The molecule has 0 fully saturated rings. The molecule has 0 aromatic heterocycles. The molecule has 2 aromatic rings. The zero-order chi connectivity index (χ0) is 16.7. The van der Waals surface area contributed by atoms with Crippen LogP contribution in [0.5, 0.6) is 11.5 Å². The van der Waals surface area contributed by atoms with Crippen molar-refractivity contribution in [3.63, 3.8) is 0 Å². The van der Waals surface area contributed by atoms with Gasteiger partial charge in [-0.2, -0.15) is 5.10 Å². The molecule has 2 heterocycles. The fourth-order valence-corrected chi connectivity index (χ4v) is 3.92. The van der Waals surface area contributed by atoms with Gasteiger partial charge in [0, 0.05) is 16.8 Å². The van der Waals surface area contributed by atoms with Gasteiger partial charge in [-0.05, 0) is 42.5 Å². The van der Waals surface area contributed by atoms with Gasteiger partial charge in [-0.3, -0.25) is 10.2 Å². The van der Waals surface area contributed by atoms with Crippen molar-refractivity contribution in [2.24, 2.45) is 5.10 Å². The molecule has 1 atom stereocenters. The standard InChI is InChI=1S/C17H15N3O3S/c1-22-11-5-3-10(4-6-11)15-19-20-17(24-15)13-9-12(23-2)7-8-14(13)18-16(17)21/h3-9,20H,1-2H3,(H,18,21). The van der Waals surface area contributed by atoms with Crippen LogP contribution in [0.15, 0.2) is 47.6 Å². The van der Waals surface area contributed by atoms with Crippen LogP contribution in [0.1, 0.15) is 11.1 Å². The summed E-state index contributed by atoms with van der Waals surface area (Å²) in [7, 11) is 3.23. The highest BCUT2D eigenvalue weighted by atomic mass is 32.2. The Morgan fingerprint density at radius 1 is 1.04 bits per heavy atom. The summed E-state index contributed by atoms with van der Waals surface area (Å²) in [6, 6.07) is 13.1. The number of methoxy groups -OCH3 is 2. The molecule has 1 amide bonds. The average molecular weight is 341 g/mol. The number of nitrogens with one attached hydrogen (secondary N) is 2. The molecule has 122 valence electrons. The molecule has 2 aromatic carbocycles. The molecule has 2 N–H and O–H groups in total. The lowest BCUT2D eigenvalue weighted by molar-refractivity contribution is -0.118. The van der Waals surface area contributed by atoms with Gasteiger partial charge in [0.05, 0.1) is 14.2 Å². The average Bonchev–Trinajstić information content (AvgIpc) is 3.18. The first-order chi connectivity index (χ1) is 11.7. The smallest absolute Gasteiger partial charge is 0.267 e. The van der Waals surface area contributed by atoms with E-state index >= 15 is 0 Å². The van der Waals surface area contributed by atoms with Gasteiger partial charge >= 0.3 is 0 Å². The van der Waals surface area contributed by atoms with Crippen molar-refractivity contribution < 1.29 is 14.3 Å². The number of ether oxygens (including phenoxy) is 2. The highest BCUT2D eigenvalue weighted by molar-refractivity contribution is 8.16. The molecule has 4 rings (SSSR count). The van der Waals surface area contributed by atoms with Gasteiger partial charge in [-0.1, -0.05) is 11.8 Å². The van der Waals surface area contributed by atoms with Crippen molar-refractivity contribution in [2.75, 3.05) is 19.5 Å². The minimum absolute atomic E-state index is 0.136. The second-order valence-corrected chi connectivity index (χ2v) is 6.61. The van der Waals surface area contributed by atoms with Crippen LogP contribution in [0.2, 0.25) is 0 Å². The maximum absolute atomic E-state index is 12.6. The summed E-state index contributed by atoms with van der Waals surface area (Å²) in [5, 5.41) is 8.04. The number of anilines is 1. The van der Waals surface area contributed by atoms with Gasteiger partial charge in [0.2, 0.25) is 4.87 Å². The molecule has 0 saturated heterocycles. The molecule has 7 heteroatoms. The van der Waals surface area contributed by atoms with Crippen LogP contribution in [0, 0.1) is 0 Å². The molecule has 24 heavy (non-hydrogen) atoms. The molecular weight excluding hydrogens is 326 g/mol. The third-order valence-corrected chi connectivity index (χ3v) is 5.40. The largest absolute Gasteiger partial charge is 0.497 e. The number of amides is 1. The normalized spacial score (nSPS) is 21.1. The molecule has 6 nitrogen and oxygen atoms in total. The van der Waals surface area contributed by atoms with Crippen LogP contribution in [0.4, 0.5) is 5.69 Å². The zero-order valence-electron chi connectivity index (χ0n) is 13.1. The van der Waals surface area contributed by atoms with E-state index in [9.17, 15) is 4.79 Å². The number of carbonyl (C=O) groups excluding carboxylic acids is 1. The molecule has 0 bridgehead atoms. The first-order valence-electron chi connectivity index (χ1n) is 7.34. The van der Waals surface area contributed by atoms with Crippen molar-refractivity contribution in [2.45, 2.75) is 4.87 Å². The quantitative estimate of drug-likeness (QED) is 0.897. The Labute approximate surface area is 143 Å². The number of carbonyl (C=O) groups is 1. The van der Waals surface area contributed by atoms with Gasteiger partial charge in [0.15, 0.2) is 0 Å². The minimum atomic E-state index is -0.959. The second-order valence-electron chi connectivity index (χ2n) is 5.41. The number of hydrogen-bond donors (Lipinski definition) is 2. The maximum atomic E-state index is 12.6. The van der Waals surface area contributed by atoms with Gasteiger partial charge < -0.3 is 14.8 Å². The van der Waals surface area contributed by atoms with E-state index in [-0.39, 0.29) is 5.91 Å². The topological polar surface area (TPSA) is 72.0 Å². The predicted octanol–water partition coefficient (Wildman–Crippen LogP) is 2.51. The fourth-order valence-electron chi connectivity index (χ4n) is 2.77. The van der Waals surface area contributed by atoms with Crippen LogP contribution in [-0.2, 0) is 9.67 Å². The number of thioether (sulfide) groups is 1. The van der Waals surface area contributed by atoms with E-state index in [0.29, 0.717) is 5.75 Å². The van der Waals surface area contributed by atoms with E-state index in [1.54, 1.807) is 14.2 Å². The molecule has 1 spiro atoms. The van der Waals surface area contributed by atoms with Crippen molar-refractivity contribution in [1.29, 1.82) is 0 Å². The molecule has 0 radical (unpaired) electrons. The van der Waals surface area contributed by atoms with E-state index in [2.05, 4.69) is 15.8 Å². The highest BCUT2D eigenvalue weighted by Gasteiger charge is 2.52. The highest BCUT2D eigenvalue weighted by Crippen LogP contribution is 2.49. The molecule has 2 aliphatic heterocycles. The Hall–Kier alpha value is -2.67. The van der Waals surface area contributed by atoms with E-state index in [1.165, 1.54) is 11.8 Å². The Bertz CT molecular complexity index is 851. The third-order valence-electron chi connectivity index (χ3n) is 4.08. The van der Waals surface area contributed by atoms with E-state index in [4.69, 9.17) is 9.47 Å². The van der Waals surface area contributed by atoms with Gasteiger partial charge in [0.1, 0.15) is 16.5 Å². The Morgan fingerprint density at radius 3 is 2.46 bits per heavy atom. The van der Waals surface area contributed by atoms with Crippen LogP contribution >= 0.6 is 11.8 Å². The first-order valence-corrected chi connectivity index (χ1v) is 8.16. The lowest BCUT2D eigenvalue weighted by Gasteiger charge is -2.20. The van der Waals surface area contributed by atoms with E-state index in [1.807, 2.05) is 42.5 Å². The number of fused-ring (bicyclic) bond motifs is 2. The number of hydrazone groups is 1. The van der Waals surface area contributed by atoms with Gasteiger partial charge in [-0.15, -0.1) is 0 Å². The number of hydrogen-bond acceptors (Lipinski definition) is 6. The van der Waals surface area contributed by atoms with E-state index < -0.39 is 4.87 Å². The zero-order valence-corrected chi connectivity index (χ0v) is 13.9. The number of rotatable bonds is 3. The number of nitrogens with zero attached hydrogens (tertiary/aromatic N) is 1. The Morgan fingerprint density at radius 2 is 1.75 bits per heavy atom. The molecule has 0 saturated carbocycles. The summed E-state index contributed by atoms with van der Waals surface area (Å²) >= 11 is 1.39. The van der Waals surface area contributed by atoms with E-state index in [0.717, 1.165) is 27.6 Å². The number of benzene rings is 2. The first kappa shape index (κ1) is 14.9. The summed E-state index contributed by atoms with van der Waals surface area (Å²) in [4.78, 5) is 11.6. The molecule has 0 aliphatic carbocycles. The summed E-state index contributed by atoms with van der Waals surface area (Å²) in [5.74, 6) is 1.34. The minimum Gasteiger partial charge on any atom is -0.497 e. The summed E-state index contributed by atoms with van der Waals surface area (Å²) < 4.78 is 10.5.